The lowest BCUT2D eigenvalue weighted by Crippen LogP contribution is -3.12. The van der Waals surface area contributed by atoms with E-state index in [1.807, 2.05) is 40.0 Å². The average Bonchev–Trinajstić information content (AvgIpc) is 2.57. The van der Waals surface area contributed by atoms with Gasteiger partial charge in [-0.15, -0.1) is 0 Å². The van der Waals surface area contributed by atoms with Gasteiger partial charge >= 0.3 is 0 Å². The minimum absolute atomic E-state index is 0.00134. The van der Waals surface area contributed by atoms with Crippen molar-refractivity contribution in [1.29, 1.82) is 0 Å². The molecular formula is C21H28ClN2O2+. The van der Waals surface area contributed by atoms with E-state index in [0.29, 0.717) is 11.6 Å². The van der Waals surface area contributed by atoms with Crippen molar-refractivity contribution >= 4 is 23.2 Å². The number of aryl methyl sites for hydroxylation is 3. The number of anilines is 1. The number of halogens is 1. The molecule has 0 aliphatic carbocycles. The van der Waals surface area contributed by atoms with Gasteiger partial charge in [-0.05, 0) is 57.0 Å². The molecule has 2 atom stereocenters. The second-order valence-corrected chi connectivity index (χ2v) is 7.40. The highest BCUT2D eigenvalue weighted by atomic mass is 35.5. The largest absolute Gasteiger partial charge is 0.496 e. The first-order chi connectivity index (χ1) is 12.2. The summed E-state index contributed by atoms with van der Waals surface area (Å²) in [6.07, 6.45) is 0. The molecule has 0 radical (unpaired) electrons. The molecule has 0 aromatic heterocycles. The molecule has 5 heteroatoms. The van der Waals surface area contributed by atoms with Crippen molar-refractivity contribution in [2.45, 2.75) is 40.3 Å². The van der Waals surface area contributed by atoms with Crippen LogP contribution in [0.5, 0.6) is 5.75 Å². The number of nitrogens with one attached hydrogen (secondary N) is 2. The summed E-state index contributed by atoms with van der Waals surface area (Å²) >= 11 is 6.11. The summed E-state index contributed by atoms with van der Waals surface area (Å²) < 4.78 is 5.41. The number of amides is 1. The number of carbonyl (C=O) groups is 1. The summed E-state index contributed by atoms with van der Waals surface area (Å²) in [5.41, 5.74) is 5.25. The van der Waals surface area contributed by atoms with Crippen molar-refractivity contribution in [1.82, 2.24) is 0 Å². The van der Waals surface area contributed by atoms with Crippen molar-refractivity contribution in [3.05, 3.63) is 57.6 Å². The lowest BCUT2D eigenvalue weighted by Gasteiger charge is -2.23. The van der Waals surface area contributed by atoms with Crippen molar-refractivity contribution < 1.29 is 14.4 Å². The van der Waals surface area contributed by atoms with Crippen molar-refractivity contribution in [2.24, 2.45) is 0 Å². The Morgan fingerprint density at radius 1 is 1.19 bits per heavy atom. The van der Waals surface area contributed by atoms with E-state index in [1.165, 1.54) is 5.56 Å². The molecule has 1 amide bonds. The number of carbonyl (C=O) groups excluding carboxylic acids is 1. The fourth-order valence-electron chi connectivity index (χ4n) is 3.17. The zero-order chi connectivity index (χ0) is 19.4. The third-order valence-corrected chi connectivity index (χ3v) is 5.00. The van der Waals surface area contributed by atoms with Crippen LogP contribution in [-0.4, -0.2) is 26.1 Å². The minimum Gasteiger partial charge on any atom is -0.496 e. The molecule has 140 valence electrons. The second kappa shape index (κ2) is 8.56. The number of likely N-dealkylation sites (N-methyl/N-ethyl adjacent to an activating group) is 1. The SMILES string of the molecule is COc1ccc(Cl)cc1C[NH+](C)[C@H](C)C(=O)Nc1c(C)cc(C)cc1C. The van der Waals surface area contributed by atoms with E-state index >= 15 is 0 Å². The molecule has 0 spiro atoms. The molecule has 4 nitrogen and oxygen atoms in total. The molecule has 0 saturated carbocycles. The first kappa shape index (κ1) is 20.3. The maximum atomic E-state index is 12.8. The van der Waals surface area contributed by atoms with Gasteiger partial charge in [0.1, 0.15) is 12.3 Å². The van der Waals surface area contributed by atoms with Gasteiger partial charge in [0.05, 0.1) is 14.2 Å². The van der Waals surface area contributed by atoms with Gasteiger partial charge in [-0.3, -0.25) is 4.79 Å². The summed E-state index contributed by atoms with van der Waals surface area (Å²) in [6.45, 7) is 8.68. The Kier molecular flexibility index (Phi) is 6.68. The first-order valence-electron chi connectivity index (χ1n) is 8.76. The van der Waals surface area contributed by atoms with E-state index < -0.39 is 0 Å². The molecule has 0 heterocycles. The number of hydrogen-bond acceptors (Lipinski definition) is 2. The molecule has 0 saturated heterocycles. The number of rotatable bonds is 6. The quantitative estimate of drug-likeness (QED) is 0.813. The Morgan fingerprint density at radius 3 is 2.38 bits per heavy atom. The van der Waals surface area contributed by atoms with Gasteiger partial charge in [0.25, 0.3) is 5.91 Å². The molecule has 0 fully saturated rings. The molecule has 2 aromatic carbocycles. The van der Waals surface area contributed by atoms with Crippen LogP contribution < -0.4 is 15.0 Å². The Hall–Kier alpha value is -2.04. The number of hydrogen-bond donors (Lipinski definition) is 2. The lowest BCUT2D eigenvalue weighted by atomic mass is 10.0. The first-order valence-corrected chi connectivity index (χ1v) is 9.14. The normalized spacial score (nSPS) is 13.2. The third kappa shape index (κ3) is 4.77. The van der Waals surface area contributed by atoms with Gasteiger partial charge < -0.3 is 15.0 Å². The maximum Gasteiger partial charge on any atom is 0.282 e. The Labute approximate surface area is 161 Å². The fraction of sp³-hybridized carbons (Fsp3) is 0.381. The molecule has 2 N–H and O–H groups in total. The van der Waals surface area contributed by atoms with Crippen LogP contribution in [0.15, 0.2) is 30.3 Å². The molecule has 2 aromatic rings. The summed E-state index contributed by atoms with van der Waals surface area (Å²) in [4.78, 5) is 13.8. The summed E-state index contributed by atoms with van der Waals surface area (Å²) in [5, 5.41) is 3.76. The lowest BCUT2D eigenvalue weighted by molar-refractivity contribution is -0.907. The molecule has 0 aliphatic rings. The second-order valence-electron chi connectivity index (χ2n) is 6.96. The van der Waals surface area contributed by atoms with Crippen molar-refractivity contribution in [2.75, 3.05) is 19.5 Å². The molecule has 0 aliphatic heterocycles. The van der Waals surface area contributed by atoms with E-state index in [4.69, 9.17) is 16.3 Å². The van der Waals surface area contributed by atoms with Gasteiger partial charge in [-0.2, -0.15) is 0 Å². The highest BCUT2D eigenvalue weighted by Crippen LogP contribution is 2.23. The van der Waals surface area contributed by atoms with E-state index in [2.05, 4.69) is 24.4 Å². The van der Waals surface area contributed by atoms with E-state index in [-0.39, 0.29) is 11.9 Å². The average molecular weight is 376 g/mol. The Bertz CT molecular complexity index is 782. The maximum absolute atomic E-state index is 12.8. The number of quaternary nitrogens is 1. The molecule has 1 unspecified atom stereocenters. The predicted molar refractivity (Wildman–Crippen MR) is 107 cm³/mol. The van der Waals surface area contributed by atoms with Gasteiger partial charge in [0.2, 0.25) is 0 Å². The third-order valence-electron chi connectivity index (χ3n) is 4.77. The van der Waals surface area contributed by atoms with E-state index in [1.54, 1.807) is 13.2 Å². The predicted octanol–water partition coefficient (Wildman–Crippen LogP) is 3.32. The van der Waals surface area contributed by atoms with E-state index in [0.717, 1.165) is 33.0 Å². The van der Waals surface area contributed by atoms with Gasteiger partial charge in [0, 0.05) is 16.3 Å². The van der Waals surface area contributed by atoms with Crippen LogP contribution in [0.3, 0.4) is 0 Å². The highest BCUT2D eigenvalue weighted by Gasteiger charge is 2.24. The smallest absolute Gasteiger partial charge is 0.282 e. The number of ether oxygens (including phenoxy) is 1. The van der Waals surface area contributed by atoms with Crippen molar-refractivity contribution in [3.63, 3.8) is 0 Å². The molecule has 26 heavy (non-hydrogen) atoms. The highest BCUT2D eigenvalue weighted by molar-refractivity contribution is 6.30. The number of benzene rings is 2. The summed E-state index contributed by atoms with van der Waals surface area (Å²) in [5.74, 6) is 0.783. The van der Waals surface area contributed by atoms with E-state index in [9.17, 15) is 4.79 Å². The van der Waals surface area contributed by atoms with Crippen molar-refractivity contribution in [3.8, 4) is 5.75 Å². The number of methoxy groups -OCH3 is 1. The summed E-state index contributed by atoms with van der Waals surface area (Å²) in [7, 11) is 3.64. The minimum atomic E-state index is -0.223. The summed E-state index contributed by atoms with van der Waals surface area (Å²) in [6, 6.07) is 9.50. The fourth-order valence-corrected chi connectivity index (χ4v) is 3.37. The zero-order valence-corrected chi connectivity index (χ0v) is 17.1. The van der Waals surface area contributed by atoms with Crippen LogP contribution in [0.1, 0.15) is 29.2 Å². The Morgan fingerprint density at radius 2 is 1.81 bits per heavy atom. The van der Waals surface area contributed by atoms with Crippen LogP contribution >= 0.6 is 11.6 Å². The monoisotopic (exact) mass is 375 g/mol. The van der Waals surface area contributed by atoms with Crippen LogP contribution in [0.4, 0.5) is 5.69 Å². The molecular weight excluding hydrogens is 348 g/mol. The van der Waals surface area contributed by atoms with Gasteiger partial charge in [-0.25, -0.2) is 0 Å². The van der Waals surface area contributed by atoms with Crippen LogP contribution in [0.2, 0.25) is 5.02 Å². The molecule has 2 rings (SSSR count). The standard InChI is InChI=1S/C21H27ClN2O2/c1-13-9-14(2)20(15(3)10-13)23-21(25)16(4)24(5)12-17-11-18(22)7-8-19(17)26-6/h7-11,16H,12H2,1-6H3,(H,23,25)/p+1/t16-/m1/s1. The molecule has 0 bridgehead atoms. The van der Waals surface area contributed by atoms with Gasteiger partial charge in [0.15, 0.2) is 6.04 Å². The van der Waals surface area contributed by atoms with Crippen LogP contribution in [-0.2, 0) is 11.3 Å². The zero-order valence-electron chi connectivity index (χ0n) is 16.4. The van der Waals surface area contributed by atoms with Gasteiger partial charge in [-0.1, -0.05) is 29.3 Å². The van der Waals surface area contributed by atoms with Crippen LogP contribution in [0, 0.1) is 20.8 Å². The Balaban J connectivity index is 2.12. The topological polar surface area (TPSA) is 42.8 Å². The van der Waals surface area contributed by atoms with Crippen LogP contribution in [0.25, 0.3) is 0 Å².